The van der Waals surface area contributed by atoms with Crippen LogP contribution in [0.4, 0.5) is 0 Å². The van der Waals surface area contributed by atoms with Crippen LogP contribution in [0.1, 0.15) is 22.3 Å². The highest BCUT2D eigenvalue weighted by molar-refractivity contribution is 6.31. The van der Waals surface area contributed by atoms with E-state index in [4.69, 9.17) is 27.1 Å². The number of para-hydroxylation sites is 1. The van der Waals surface area contributed by atoms with Crippen LogP contribution in [-0.2, 0) is 6.61 Å². The van der Waals surface area contributed by atoms with Gasteiger partial charge < -0.3 is 9.57 Å². The van der Waals surface area contributed by atoms with Crippen molar-refractivity contribution in [2.45, 2.75) is 6.61 Å². The number of benzene rings is 3. The van der Waals surface area contributed by atoms with E-state index in [9.17, 15) is 0 Å². The first-order chi connectivity index (χ1) is 12.3. The number of hydrogen-bond acceptors (Lipinski definition) is 3. The minimum absolute atomic E-state index is 0.440. The highest BCUT2D eigenvalue weighted by Gasteiger charge is 2.20. The lowest BCUT2D eigenvalue weighted by Gasteiger charge is -2.11. The fraction of sp³-hybridized carbons (Fsp3) is 0.0476. The summed E-state index contributed by atoms with van der Waals surface area (Å²) in [5, 5.41) is 0.704. The summed E-state index contributed by atoms with van der Waals surface area (Å²) in [6, 6.07) is 21.6. The SMILES string of the molecule is NOc1cccc(/C=C2/c3ccccc3OCc3c(Cl)cccc32)c1. The molecule has 0 amide bonds. The number of ether oxygens (including phenoxy) is 1. The van der Waals surface area contributed by atoms with Crippen LogP contribution in [-0.4, -0.2) is 0 Å². The minimum Gasteiger partial charge on any atom is -0.488 e. The van der Waals surface area contributed by atoms with Crippen molar-refractivity contribution < 1.29 is 9.57 Å². The van der Waals surface area contributed by atoms with Gasteiger partial charge in [0.15, 0.2) is 0 Å². The van der Waals surface area contributed by atoms with E-state index in [1.807, 2.05) is 54.6 Å². The van der Waals surface area contributed by atoms with Crippen LogP contribution in [0.2, 0.25) is 5.02 Å². The highest BCUT2D eigenvalue weighted by atomic mass is 35.5. The third-order valence-electron chi connectivity index (χ3n) is 4.26. The van der Waals surface area contributed by atoms with E-state index in [-0.39, 0.29) is 0 Å². The highest BCUT2D eigenvalue weighted by Crippen LogP contribution is 2.39. The number of rotatable bonds is 2. The smallest absolute Gasteiger partial charge is 0.147 e. The molecule has 0 aliphatic carbocycles. The maximum absolute atomic E-state index is 6.43. The van der Waals surface area contributed by atoms with Crippen molar-refractivity contribution in [1.29, 1.82) is 0 Å². The van der Waals surface area contributed by atoms with E-state index in [1.54, 1.807) is 0 Å². The van der Waals surface area contributed by atoms with E-state index in [0.717, 1.165) is 33.6 Å². The first-order valence-electron chi connectivity index (χ1n) is 7.95. The zero-order valence-corrected chi connectivity index (χ0v) is 14.2. The van der Waals surface area contributed by atoms with Crippen LogP contribution in [0.25, 0.3) is 11.6 Å². The monoisotopic (exact) mass is 349 g/mol. The van der Waals surface area contributed by atoms with Gasteiger partial charge in [-0.3, -0.25) is 0 Å². The van der Waals surface area contributed by atoms with Crippen molar-refractivity contribution in [1.82, 2.24) is 0 Å². The summed E-state index contributed by atoms with van der Waals surface area (Å²) < 4.78 is 6.00. The molecule has 1 aliphatic heterocycles. The Kier molecular flexibility index (Phi) is 4.18. The van der Waals surface area contributed by atoms with Gasteiger partial charge in [-0.1, -0.05) is 54.1 Å². The molecule has 0 bridgehead atoms. The third kappa shape index (κ3) is 3.00. The molecule has 1 aliphatic rings. The molecule has 4 rings (SSSR count). The average Bonchev–Trinajstić information content (AvgIpc) is 2.81. The van der Waals surface area contributed by atoms with Crippen LogP contribution < -0.4 is 15.5 Å². The zero-order chi connectivity index (χ0) is 17.2. The Labute approximate surface area is 151 Å². The molecule has 25 heavy (non-hydrogen) atoms. The van der Waals surface area contributed by atoms with E-state index in [0.29, 0.717) is 17.4 Å². The predicted molar refractivity (Wildman–Crippen MR) is 100 cm³/mol. The summed E-state index contributed by atoms with van der Waals surface area (Å²) >= 11 is 6.43. The predicted octanol–water partition coefficient (Wildman–Crippen LogP) is 5.07. The molecular weight excluding hydrogens is 334 g/mol. The topological polar surface area (TPSA) is 44.5 Å². The van der Waals surface area contributed by atoms with Crippen molar-refractivity contribution >= 4 is 23.3 Å². The van der Waals surface area contributed by atoms with Gasteiger partial charge in [0.2, 0.25) is 0 Å². The van der Waals surface area contributed by atoms with Gasteiger partial charge in [-0.25, -0.2) is 0 Å². The summed E-state index contributed by atoms with van der Waals surface area (Å²) in [6.07, 6.45) is 2.10. The Morgan fingerprint density at radius 2 is 1.76 bits per heavy atom. The van der Waals surface area contributed by atoms with Gasteiger partial charge in [-0.15, -0.1) is 0 Å². The number of fused-ring (bicyclic) bond motifs is 2. The van der Waals surface area contributed by atoms with Crippen LogP contribution >= 0.6 is 11.6 Å². The Bertz CT molecular complexity index is 966. The summed E-state index contributed by atoms with van der Waals surface area (Å²) in [7, 11) is 0. The van der Waals surface area contributed by atoms with Gasteiger partial charge >= 0.3 is 0 Å². The average molecular weight is 350 g/mol. The molecule has 3 nitrogen and oxygen atoms in total. The van der Waals surface area contributed by atoms with Crippen molar-refractivity contribution in [3.8, 4) is 11.5 Å². The van der Waals surface area contributed by atoms with E-state index < -0.39 is 0 Å². The minimum atomic E-state index is 0.440. The summed E-state index contributed by atoms with van der Waals surface area (Å²) in [4.78, 5) is 4.85. The van der Waals surface area contributed by atoms with Gasteiger partial charge in [-0.2, -0.15) is 5.90 Å². The van der Waals surface area contributed by atoms with Crippen molar-refractivity contribution in [3.05, 3.63) is 94.0 Å². The van der Waals surface area contributed by atoms with Crippen LogP contribution in [0.5, 0.6) is 11.5 Å². The van der Waals surface area contributed by atoms with Crippen LogP contribution in [0, 0.1) is 0 Å². The molecule has 0 aromatic heterocycles. The lowest BCUT2D eigenvalue weighted by atomic mass is 9.92. The second kappa shape index (κ2) is 6.63. The van der Waals surface area contributed by atoms with Gasteiger partial charge in [-0.05, 0) is 47.0 Å². The molecule has 0 atom stereocenters. The van der Waals surface area contributed by atoms with E-state index >= 15 is 0 Å². The normalized spacial score (nSPS) is 14.2. The lowest BCUT2D eigenvalue weighted by Crippen LogP contribution is -2.01. The zero-order valence-electron chi connectivity index (χ0n) is 13.4. The van der Waals surface area contributed by atoms with Crippen molar-refractivity contribution in [3.63, 3.8) is 0 Å². The third-order valence-corrected chi connectivity index (χ3v) is 4.62. The molecule has 124 valence electrons. The van der Waals surface area contributed by atoms with Gasteiger partial charge in [0.25, 0.3) is 0 Å². The Hall–Kier alpha value is -2.75. The van der Waals surface area contributed by atoms with Crippen molar-refractivity contribution in [2.75, 3.05) is 0 Å². The molecule has 0 radical (unpaired) electrons. The largest absolute Gasteiger partial charge is 0.488 e. The summed E-state index contributed by atoms with van der Waals surface area (Å²) in [5.74, 6) is 6.74. The Morgan fingerprint density at radius 1 is 0.960 bits per heavy atom. The summed E-state index contributed by atoms with van der Waals surface area (Å²) in [5.41, 5.74) is 5.12. The van der Waals surface area contributed by atoms with Gasteiger partial charge in [0.1, 0.15) is 18.1 Å². The molecule has 4 heteroatoms. The van der Waals surface area contributed by atoms with E-state index in [2.05, 4.69) is 18.2 Å². The molecule has 0 fully saturated rings. The molecule has 3 aromatic rings. The molecule has 2 N–H and O–H groups in total. The van der Waals surface area contributed by atoms with Crippen LogP contribution in [0.15, 0.2) is 66.7 Å². The first kappa shape index (κ1) is 15.8. The Balaban J connectivity index is 1.96. The standard InChI is InChI=1S/C21H16ClNO2/c22-20-9-4-8-16-18(12-14-5-3-6-15(11-14)25-23)17-7-1-2-10-21(17)24-13-19(16)20/h1-12H,13,23H2/b18-12+. The van der Waals surface area contributed by atoms with Gasteiger partial charge in [0, 0.05) is 16.1 Å². The molecule has 0 unspecified atom stereocenters. The number of halogens is 1. The van der Waals surface area contributed by atoms with E-state index in [1.165, 1.54) is 0 Å². The maximum Gasteiger partial charge on any atom is 0.147 e. The fourth-order valence-corrected chi connectivity index (χ4v) is 3.30. The van der Waals surface area contributed by atoms with Crippen molar-refractivity contribution in [2.24, 2.45) is 5.90 Å². The molecule has 1 heterocycles. The second-order valence-corrected chi connectivity index (χ2v) is 6.21. The first-order valence-corrected chi connectivity index (χ1v) is 8.32. The summed E-state index contributed by atoms with van der Waals surface area (Å²) in [6.45, 7) is 0.440. The molecular formula is C21H16ClNO2. The molecule has 0 saturated heterocycles. The number of nitrogens with two attached hydrogens (primary N) is 1. The molecule has 0 saturated carbocycles. The lowest BCUT2D eigenvalue weighted by molar-refractivity contribution is 0.307. The van der Waals surface area contributed by atoms with Crippen LogP contribution in [0.3, 0.4) is 0 Å². The van der Waals surface area contributed by atoms with Gasteiger partial charge in [0.05, 0.1) is 0 Å². The molecule has 3 aromatic carbocycles. The molecule has 0 spiro atoms. The fourth-order valence-electron chi connectivity index (χ4n) is 3.07. The second-order valence-electron chi connectivity index (χ2n) is 5.80. The Morgan fingerprint density at radius 3 is 2.64 bits per heavy atom. The number of hydrogen-bond donors (Lipinski definition) is 1. The maximum atomic E-state index is 6.43. The quantitative estimate of drug-likeness (QED) is 0.656.